The number of nitrogens with one attached hydrogen (secondary N) is 3. The molecular weight excluding hydrogens is 556 g/mol. The van der Waals surface area contributed by atoms with Crippen LogP contribution >= 0.6 is 11.8 Å². The maximum absolute atomic E-state index is 13.7. The van der Waals surface area contributed by atoms with Gasteiger partial charge in [-0.15, -0.1) is 11.8 Å². The average molecular weight is 594 g/mol. The highest BCUT2D eigenvalue weighted by Gasteiger charge is 2.20. The molecule has 0 saturated carbocycles. The number of hydrogen-bond acceptors (Lipinski definition) is 7. The highest BCUT2D eigenvalue weighted by Crippen LogP contribution is 2.28. The monoisotopic (exact) mass is 593 g/mol. The van der Waals surface area contributed by atoms with Crippen molar-refractivity contribution in [1.29, 1.82) is 5.41 Å². The fourth-order valence-corrected chi connectivity index (χ4v) is 6.37. The van der Waals surface area contributed by atoms with Crippen LogP contribution in [0.2, 0.25) is 0 Å². The lowest BCUT2D eigenvalue weighted by molar-refractivity contribution is 0.0904. The van der Waals surface area contributed by atoms with Crippen molar-refractivity contribution in [2.75, 3.05) is 49.7 Å². The zero-order valence-corrected chi connectivity index (χ0v) is 24.4. The van der Waals surface area contributed by atoms with Gasteiger partial charge in [0, 0.05) is 59.5 Å². The first-order valence-corrected chi connectivity index (χ1v) is 15.4. The van der Waals surface area contributed by atoms with Gasteiger partial charge in [-0.2, -0.15) is 0 Å². The number of nitrogens with zero attached hydrogens (tertiary/aromatic N) is 1. The van der Waals surface area contributed by atoms with Crippen LogP contribution in [0.25, 0.3) is 0 Å². The summed E-state index contributed by atoms with van der Waals surface area (Å²) in [6.07, 6.45) is 4.49. The number of amides is 1. The number of benzene rings is 3. The van der Waals surface area contributed by atoms with Crippen molar-refractivity contribution < 1.29 is 18.3 Å². The fourth-order valence-electron chi connectivity index (χ4n) is 5.42. The minimum atomic E-state index is -0.651. The number of nitrogen functional groups attached to an aromatic ring is 1. The number of thioether (sulfide) groups is 1. The van der Waals surface area contributed by atoms with Crippen LogP contribution in [-0.2, 0) is 11.2 Å². The molecule has 7 nitrogen and oxygen atoms in total. The van der Waals surface area contributed by atoms with Crippen LogP contribution in [0.15, 0.2) is 59.5 Å². The van der Waals surface area contributed by atoms with Gasteiger partial charge in [0.1, 0.15) is 17.5 Å². The molecule has 0 spiro atoms. The molecule has 0 radical (unpaired) electrons. The van der Waals surface area contributed by atoms with Gasteiger partial charge in [0.05, 0.1) is 5.56 Å². The Labute approximate surface area is 249 Å². The molecule has 2 saturated heterocycles. The van der Waals surface area contributed by atoms with Gasteiger partial charge in [0.25, 0.3) is 5.91 Å². The van der Waals surface area contributed by atoms with E-state index >= 15 is 0 Å². The summed E-state index contributed by atoms with van der Waals surface area (Å²) in [4.78, 5) is 17.1. The Kier molecular flexibility index (Phi) is 10.1. The molecule has 3 aromatic rings. The van der Waals surface area contributed by atoms with Crippen LogP contribution in [0.4, 0.5) is 20.2 Å². The topological polar surface area (TPSA) is 103 Å². The number of nitrogens with two attached hydrogens (primary N) is 1. The lowest BCUT2D eigenvalue weighted by Crippen LogP contribution is -2.33. The standard InChI is InChI=1S/C32H37F2N5O2S/c33-23-16-22(17-24(34)19-23)15-21-3-6-29(35)28(18-21)31(36)38-32(40)27-5-4-26(42-14-11-39-9-1-2-10-39)20-30(27)37-25-7-12-41-13-8-25/h3-6,16-20,25,37H,1-2,7-15,35H2,(H2,36,38,40). The molecule has 0 aliphatic carbocycles. The molecule has 5 N–H and O–H groups in total. The maximum atomic E-state index is 13.7. The second-order valence-corrected chi connectivity index (χ2v) is 12.0. The first-order valence-electron chi connectivity index (χ1n) is 14.4. The van der Waals surface area contributed by atoms with Crippen molar-refractivity contribution >= 4 is 34.9 Å². The molecule has 2 heterocycles. The Bertz CT molecular complexity index is 1400. The van der Waals surface area contributed by atoms with Crippen LogP contribution in [0.3, 0.4) is 0 Å². The molecule has 5 rings (SSSR count). The van der Waals surface area contributed by atoms with Crippen molar-refractivity contribution in [3.63, 3.8) is 0 Å². The van der Waals surface area contributed by atoms with Crippen molar-refractivity contribution in [2.24, 2.45) is 0 Å². The van der Waals surface area contributed by atoms with E-state index in [2.05, 4.69) is 15.5 Å². The predicted molar refractivity (Wildman–Crippen MR) is 165 cm³/mol. The Hall–Kier alpha value is -3.47. The lowest BCUT2D eigenvalue weighted by Gasteiger charge is -2.25. The van der Waals surface area contributed by atoms with Crippen LogP contribution in [-0.4, -0.2) is 61.3 Å². The number of anilines is 2. The van der Waals surface area contributed by atoms with E-state index in [4.69, 9.17) is 15.9 Å². The van der Waals surface area contributed by atoms with Crippen molar-refractivity contribution in [1.82, 2.24) is 10.2 Å². The Morgan fingerprint density at radius 1 is 0.976 bits per heavy atom. The molecule has 10 heteroatoms. The van der Waals surface area contributed by atoms with E-state index in [0.717, 1.165) is 41.8 Å². The first-order chi connectivity index (χ1) is 20.3. The third kappa shape index (κ3) is 8.08. The molecule has 2 fully saturated rings. The first kappa shape index (κ1) is 30.0. The summed E-state index contributed by atoms with van der Waals surface area (Å²) < 4.78 is 32.9. The summed E-state index contributed by atoms with van der Waals surface area (Å²) in [5.74, 6) is -0.889. The van der Waals surface area contributed by atoms with Crippen molar-refractivity contribution in [3.8, 4) is 0 Å². The quantitative estimate of drug-likeness (QED) is 0.105. The fraction of sp³-hybridized carbons (Fsp3) is 0.375. The van der Waals surface area contributed by atoms with Crippen LogP contribution in [0, 0.1) is 17.0 Å². The van der Waals surface area contributed by atoms with E-state index in [1.165, 1.54) is 38.1 Å². The molecule has 222 valence electrons. The summed E-state index contributed by atoms with van der Waals surface area (Å²) in [6.45, 7) is 4.72. The number of carbonyl (C=O) groups is 1. The van der Waals surface area contributed by atoms with Crippen LogP contribution < -0.4 is 16.4 Å². The Morgan fingerprint density at radius 3 is 2.45 bits per heavy atom. The zero-order chi connectivity index (χ0) is 29.5. The van der Waals surface area contributed by atoms with Crippen molar-refractivity contribution in [2.45, 2.75) is 43.0 Å². The minimum absolute atomic E-state index is 0.147. The number of halogens is 2. The average Bonchev–Trinajstić information content (AvgIpc) is 3.48. The van der Waals surface area contributed by atoms with E-state index < -0.39 is 17.5 Å². The number of rotatable bonds is 10. The molecule has 42 heavy (non-hydrogen) atoms. The van der Waals surface area contributed by atoms with E-state index in [1.54, 1.807) is 36.0 Å². The molecule has 0 bridgehead atoms. The van der Waals surface area contributed by atoms with Gasteiger partial charge in [-0.1, -0.05) is 6.07 Å². The molecule has 1 amide bonds. The third-order valence-corrected chi connectivity index (χ3v) is 8.62. The molecule has 0 aromatic heterocycles. The van der Waals surface area contributed by atoms with E-state index in [-0.39, 0.29) is 18.3 Å². The van der Waals surface area contributed by atoms with E-state index in [1.807, 2.05) is 12.1 Å². The molecule has 0 unspecified atom stereocenters. The van der Waals surface area contributed by atoms with Gasteiger partial charge in [-0.25, -0.2) is 8.78 Å². The Morgan fingerprint density at radius 2 is 1.71 bits per heavy atom. The van der Waals surface area contributed by atoms with E-state index in [9.17, 15) is 13.6 Å². The number of carbonyl (C=O) groups excluding carboxylic acids is 1. The van der Waals surface area contributed by atoms with Gasteiger partial charge in [0.2, 0.25) is 0 Å². The zero-order valence-electron chi connectivity index (χ0n) is 23.6. The molecule has 2 aliphatic heterocycles. The van der Waals surface area contributed by atoms with Crippen molar-refractivity contribution in [3.05, 3.63) is 88.5 Å². The van der Waals surface area contributed by atoms with Crippen LogP contribution in [0.5, 0.6) is 0 Å². The normalized spacial score (nSPS) is 16.0. The molecule has 0 atom stereocenters. The largest absolute Gasteiger partial charge is 0.398 e. The van der Waals surface area contributed by atoms with Gasteiger partial charge in [0.15, 0.2) is 0 Å². The minimum Gasteiger partial charge on any atom is -0.398 e. The summed E-state index contributed by atoms with van der Waals surface area (Å²) in [5.41, 5.74) is 9.17. The molecule has 2 aliphatic rings. The highest BCUT2D eigenvalue weighted by molar-refractivity contribution is 7.99. The van der Waals surface area contributed by atoms with Crippen LogP contribution in [0.1, 0.15) is 52.7 Å². The molecular formula is C32H37F2N5O2S. The summed E-state index contributed by atoms with van der Waals surface area (Å²) in [5, 5.41) is 14.9. The second-order valence-electron chi connectivity index (χ2n) is 10.8. The SMILES string of the molecule is N=C(NC(=O)c1ccc(SCCN2CCCC2)cc1NC1CCOCC1)c1cc(Cc2cc(F)cc(F)c2)ccc1N. The second kappa shape index (κ2) is 14.1. The predicted octanol–water partition coefficient (Wildman–Crippen LogP) is 5.67. The van der Waals surface area contributed by atoms with Gasteiger partial charge >= 0.3 is 0 Å². The third-order valence-electron chi connectivity index (χ3n) is 7.65. The van der Waals surface area contributed by atoms with Gasteiger partial charge in [-0.3, -0.25) is 10.2 Å². The number of hydrogen-bond donors (Lipinski definition) is 4. The lowest BCUT2D eigenvalue weighted by atomic mass is 10.0. The maximum Gasteiger partial charge on any atom is 0.258 e. The highest BCUT2D eigenvalue weighted by atomic mass is 32.2. The number of amidine groups is 1. The summed E-state index contributed by atoms with van der Waals surface area (Å²) >= 11 is 1.78. The Balaban J connectivity index is 1.30. The number of ether oxygens (including phenoxy) is 1. The smallest absolute Gasteiger partial charge is 0.258 e. The summed E-state index contributed by atoms with van der Waals surface area (Å²) in [6, 6.07) is 14.4. The number of likely N-dealkylation sites (tertiary alicyclic amines) is 1. The van der Waals surface area contributed by atoms with Gasteiger partial charge < -0.3 is 26.0 Å². The van der Waals surface area contributed by atoms with Gasteiger partial charge in [-0.05, 0) is 98.8 Å². The molecule has 3 aromatic carbocycles. The summed E-state index contributed by atoms with van der Waals surface area (Å²) in [7, 11) is 0. The van der Waals surface area contributed by atoms with E-state index in [0.29, 0.717) is 41.2 Å².